The first-order chi connectivity index (χ1) is 8.59. The summed E-state index contributed by atoms with van der Waals surface area (Å²) in [7, 11) is 0. The molecule has 7 heteroatoms. The summed E-state index contributed by atoms with van der Waals surface area (Å²) < 4.78 is 0. The minimum absolute atomic E-state index is 0.0656. The molecule has 6 nitrogen and oxygen atoms in total. The highest BCUT2D eigenvalue weighted by Gasteiger charge is 2.00. The van der Waals surface area contributed by atoms with Gasteiger partial charge in [0.25, 0.3) is 6.20 Å². The van der Waals surface area contributed by atoms with Crippen LogP contribution in [-0.4, -0.2) is 16.5 Å². The highest BCUT2D eigenvalue weighted by atomic mass is 35.5. The van der Waals surface area contributed by atoms with E-state index in [1.165, 1.54) is 0 Å². The van der Waals surface area contributed by atoms with Crippen LogP contribution < -0.4 is 11.1 Å². The van der Waals surface area contributed by atoms with Crippen molar-refractivity contribution in [2.45, 2.75) is 19.3 Å². The lowest BCUT2D eigenvalue weighted by Crippen LogP contribution is -2.22. The Hall–Kier alpha value is -1.82. The molecule has 18 heavy (non-hydrogen) atoms. The van der Waals surface area contributed by atoms with Gasteiger partial charge >= 0.3 is 0 Å². The van der Waals surface area contributed by atoms with Crippen LogP contribution in [0.2, 0.25) is 5.02 Å². The van der Waals surface area contributed by atoms with E-state index < -0.39 is 4.92 Å². The van der Waals surface area contributed by atoms with Crippen LogP contribution >= 0.6 is 11.6 Å². The Morgan fingerprint density at radius 3 is 3.06 bits per heavy atom. The minimum atomic E-state index is -0.587. The molecule has 0 aliphatic carbocycles. The molecular weight excluding hydrogens is 256 g/mol. The summed E-state index contributed by atoms with van der Waals surface area (Å²) in [5.41, 5.74) is 6.24. The van der Waals surface area contributed by atoms with Crippen molar-refractivity contribution < 1.29 is 4.92 Å². The molecule has 1 rings (SSSR count). The summed E-state index contributed by atoms with van der Waals surface area (Å²) in [5.74, 6) is 0.0656. The van der Waals surface area contributed by atoms with Crippen molar-refractivity contribution in [2.24, 2.45) is 5.73 Å². The number of nitro groups is 1. The van der Waals surface area contributed by atoms with Gasteiger partial charge in [0.2, 0.25) is 0 Å². The van der Waals surface area contributed by atoms with E-state index in [2.05, 4.69) is 10.3 Å². The lowest BCUT2D eigenvalue weighted by molar-refractivity contribution is -0.403. The summed E-state index contributed by atoms with van der Waals surface area (Å²) in [6, 6.07) is 3.59. The molecule has 0 amide bonds. The molecule has 1 heterocycles. The number of hydrogen-bond donors (Lipinski definition) is 2. The molecule has 1 aromatic rings. The van der Waals surface area contributed by atoms with E-state index >= 15 is 0 Å². The normalized spacial score (nSPS) is 11.3. The topological polar surface area (TPSA) is 94.1 Å². The van der Waals surface area contributed by atoms with Gasteiger partial charge in [-0.2, -0.15) is 0 Å². The molecule has 0 aromatic carbocycles. The molecule has 0 bridgehead atoms. The number of aromatic nitrogens is 1. The lowest BCUT2D eigenvalue weighted by atomic mass is 10.2. The molecule has 0 aliphatic rings. The molecular formula is C11H15ClN4O2. The number of aryl methyl sites for hydroxylation is 1. The van der Waals surface area contributed by atoms with E-state index in [-0.39, 0.29) is 5.82 Å². The fourth-order valence-electron chi connectivity index (χ4n) is 1.41. The third kappa shape index (κ3) is 5.49. The summed E-state index contributed by atoms with van der Waals surface area (Å²) in [5, 5.41) is 13.5. The number of unbranched alkanes of at least 4 members (excludes halogenated alkanes) is 1. The van der Waals surface area contributed by atoms with Gasteiger partial charge in [-0.15, -0.1) is 0 Å². The van der Waals surface area contributed by atoms with Crippen molar-refractivity contribution in [3.63, 3.8) is 0 Å². The van der Waals surface area contributed by atoms with Gasteiger partial charge in [0.1, 0.15) is 0 Å². The van der Waals surface area contributed by atoms with Crippen LogP contribution in [0.3, 0.4) is 0 Å². The van der Waals surface area contributed by atoms with Gasteiger partial charge in [-0.05, 0) is 31.4 Å². The number of rotatable bonds is 7. The standard InChI is InChI=1S/C11H15ClN4O2/c12-9-4-3-7-14-10(9)5-1-2-6-15-11(13)8-16(17)18/h3-4,7-8,15H,1-2,5-6,13H2. The number of pyridine rings is 1. The van der Waals surface area contributed by atoms with Gasteiger partial charge in [-0.1, -0.05) is 11.6 Å². The molecule has 98 valence electrons. The van der Waals surface area contributed by atoms with E-state index in [1.807, 2.05) is 0 Å². The zero-order valence-electron chi connectivity index (χ0n) is 9.80. The van der Waals surface area contributed by atoms with Crippen molar-refractivity contribution in [2.75, 3.05) is 6.54 Å². The third-order valence-electron chi connectivity index (χ3n) is 2.25. The zero-order chi connectivity index (χ0) is 13.4. The average molecular weight is 271 g/mol. The SMILES string of the molecule is NC(=C[N+](=O)[O-])NCCCCc1ncccc1Cl. The summed E-state index contributed by atoms with van der Waals surface area (Å²) in [6.07, 6.45) is 4.95. The molecule has 0 spiro atoms. The quantitative estimate of drug-likeness (QED) is 0.447. The maximum absolute atomic E-state index is 10.1. The van der Waals surface area contributed by atoms with Gasteiger partial charge in [0.15, 0.2) is 5.82 Å². The summed E-state index contributed by atoms with van der Waals surface area (Å²) >= 11 is 5.96. The summed E-state index contributed by atoms with van der Waals surface area (Å²) in [6.45, 7) is 0.584. The average Bonchev–Trinajstić information content (AvgIpc) is 2.30. The second-order valence-electron chi connectivity index (χ2n) is 3.69. The third-order valence-corrected chi connectivity index (χ3v) is 2.59. The van der Waals surface area contributed by atoms with Crippen molar-refractivity contribution >= 4 is 11.6 Å². The predicted molar refractivity (Wildman–Crippen MR) is 69.5 cm³/mol. The zero-order valence-corrected chi connectivity index (χ0v) is 10.6. The van der Waals surface area contributed by atoms with Crippen LogP contribution in [0, 0.1) is 10.1 Å². The minimum Gasteiger partial charge on any atom is -0.380 e. The van der Waals surface area contributed by atoms with Crippen molar-refractivity contribution in [3.05, 3.63) is 51.2 Å². The van der Waals surface area contributed by atoms with Crippen LogP contribution in [0.1, 0.15) is 18.5 Å². The van der Waals surface area contributed by atoms with Crippen LogP contribution in [0.4, 0.5) is 0 Å². The van der Waals surface area contributed by atoms with Gasteiger partial charge in [-0.25, -0.2) is 0 Å². The first-order valence-corrected chi connectivity index (χ1v) is 5.91. The number of nitrogens with one attached hydrogen (secondary N) is 1. The van der Waals surface area contributed by atoms with Crippen molar-refractivity contribution in [1.29, 1.82) is 0 Å². The number of halogens is 1. The van der Waals surface area contributed by atoms with Crippen LogP contribution in [-0.2, 0) is 6.42 Å². The molecule has 0 saturated heterocycles. The fourth-order valence-corrected chi connectivity index (χ4v) is 1.63. The Balaban J connectivity index is 2.20. The Morgan fingerprint density at radius 1 is 1.61 bits per heavy atom. The first kappa shape index (κ1) is 14.2. The fraction of sp³-hybridized carbons (Fsp3) is 0.364. The molecule has 0 aliphatic heterocycles. The molecule has 3 N–H and O–H groups in total. The highest BCUT2D eigenvalue weighted by Crippen LogP contribution is 2.14. The van der Waals surface area contributed by atoms with Gasteiger partial charge in [0, 0.05) is 12.7 Å². The van der Waals surface area contributed by atoms with E-state index in [0.717, 1.165) is 31.2 Å². The number of hydrogen-bond acceptors (Lipinski definition) is 5. The molecule has 0 saturated carbocycles. The molecule has 1 aromatic heterocycles. The van der Waals surface area contributed by atoms with E-state index in [4.69, 9.17) is 17.3 Å². The first-order valence-electron chi connectivity index (χ1n) is 5.53. The Kier molecular flexibility index (Phi) is 5.93. The van der Waals surface area contributed by atoms with Crippen LogP contribution in [0.25, 0.3) is 0 Å². The molecule has 0 fully saturated rings. The highest BCUT2D eigenvalue weighted by molar-refractivity contribution is 6.31. The monoisotopic (exact) mass is 270 g/mol. The Bertz CT molecular complexity index is 437. The van der Waals surface area contributed by atoms with E-state index in [1.54, 1.807) is 18.3 Å². The lowest BCUT2D eigenvalue weighted by Gasteiger charge is -2.05. The van der Waals surface area contributed by atoms with Gasteiger partial charge < -0.3 is 11.1 Å². The number of nitrogens with two attached hydrogens (primary N) is 1. The van der Waals surface area contributed by atoms with E-state index in [9.17, 15) is 10.1 Å². The second kappa shape index (κ2) is 7.50. The number of nitrogens with zero attached hydrogens (tertiary/aromatic N) is 2. The smallest absolute Gasteiger partial charge is 0.273 e. The van der Waals surface area contributed by atoms with Crippen LogP contribution in [0.5, 0.6) is 0 Å². The second-order valence-corrected chi connectivity index (χ2v) is 4.09. The maximum atomic E-state index is 10.1. The van der Waals surface area contributed by atoms with Crippen LogP contribution in [0.15, 0.2) is 30.4 Å². The maximum Gasteiger partial charge on any atom is 0.273 e. The van der Waals surface area contributed by atoms with Crippen molar-refractivity contribution in [1.82, 2.24) is 10.3 Å². The summed E-state index contributed by atoms with van der Waals surface area (Å²) in [4.78, 5) is 13.7. The van der Waals surface area contributed by atoms with Crippen molar-refractivity contribution in [3.8, 4) is 0 Å². The largest absolute Gasteiger partial charge is 0.380 e. The predicted octanol–water partition coefficient (Wildman–Crippen LogP) is 1.68. The molecule has 0 atom stereocenters. The molecule has 0 unspecified atom stereocenters. The van der Waals surface area contributed by atoms with E-state index in [0.29, 0.717) is 11.6 Å². The van der Waals surface area contributed by atoms with Gasteiger partial charge in [0.05, 0.1) is 15.6 Å². The van der Waals surface area contributed by atoms with Gasteiger partial charge in [-0.3, -0.25) is 15.1 Å². The Morgan fingerprint density at radius 2 is 2.39 bits per heavy atom. The Labute approximate surface area is 110 Å². The molecule has 0 radical (unpaired) electrons.